The van der Waals surface area contributed by atoms with Crippen molar-refractivity contribution >= 4 is 40.4 Å². The first-order chi connectivity index (χ1) is 11.2. The molecule has 0 amide bonds. The van der Waals surface area contributed by atoms with Crippen LogP contribution in [-0.4, -0.2) is 28.5 Å². The summed E-state index contributed by atoms with van der Waals surface area (Å²) in [5.74, 6) is -0.0846. The molecule has 2 atom stereocenters. The molecule has 0 saturated carbocycles. The van der Waals surface area contributed by atoms with Crippen LogP contribution in [0.4, 0.5) is 5.82 Å². The summed E-state index contributed by atoms with van der Waals surface area (Å²) in [5.41, 5.74) is 1.76. The normalized spacial score (nSPS) is 20.0. The Hall–Kier alpha value is -1.66. The van der Waals surface area contributed by atoms with Gasteiger partial charge in [0.15, 0.2) is 5.82 Å². The number of hydrogen-bond donors (Lipinski definition) is 1. The van der Waals surface area contributed by atoms with Crippen LogP contribution in [-0.2, 0) is 9.53 Å². The van der Waals surface area contributed by atoms with E-state index in [-0.39, 0.29) is 11.9 Å². The minimum Gasteiger partial charge on any atom is -0.465 e. The first-order valence-corrected chi connectivity index (χ1v) is 8.87. The Labute approximate surface area is 143 Å². The molecule has 0 radical (unpaired) electrons. The van der Waals surface area contributed by atoms with E-state index in [2.05, 4.69) is 22.1 Å². The van der Waals surface area contributed by atoms with E-state index in [0.29, 0.717) is 10.9 Å². The Balaban J connectivity index is 2.11. The van der Waals surface area contributed by atoms with Crippen molar-refractivity contribution in [2.24, 2.45) is 10.9 Å². The summed E-state index contributed by atoms with van der Waals surface area (Å²) in [4.78, 5) is 18.3. The standard InChI is InChI=1S/C16H18ClN3O2S/c1-3-5-10-14(16(21)22-4-2)13(11-6-7-12(17)23-11)9-8-18-20-15(9)19-10/h6-8,13-14H,3-5H2,1-2H3,(H,18,20). The van der Waals surface area contributed by atoms with E-state index >= 15 is 0 Å². The zero-order valence-corrected chi connectivity index (χ0v) is 14.6. The molecule has 0 fully saturated rings. The van der Waals surface area contributed by atoms with Gasteiger partial charge in [-0.25, -0.2) is 4.99 Å². The third-order valence-corrected chi connectivity index (χ3v) is 5.19. The molecule has 2 unspecified atom stereocenters. The van der Waals surface area contributed by atoms with Gasteiger partial charge in [0, 0.05) is 22.1 Å². The predicted molar refractivity (Wildman–Crippen MR) is 91.9 cm³/mol. The largest absolute Gasteiger partial charge is 0.465 e. The highest BCUT2D eigenvalue weighted by Gasteiger charge is 2.41. The van der Waals surface area contributed by atoms with Crippen molar-refractivity contribution in [3.05, 3.63) is 33.1 Å². The molecule has 5 nitrogen and oxygen atoms in total. The van der Waals surface area contributed by atoms with Gasteiger partial charge in [-0.2, -0.15) is 5.10 Å². The van der Waals surface area contributed by atoms with Crippen molar-refractivity contribution in [1.29, 1.82) is 0 Å². The Bertz CT molecular complexity index is 737. The zero-order chi connectivity index (χ0) is 16.4. The highest BCUT2D eigenvalue weighted by Crippen LogP contribution is 2.45. The number of aliphatic imine (C=N–C) groups is 1. The highest BCUT2D eigenvalue weighted by atomic mass is 35.5. The minimum absolute atomic E-state index is 0.153. The van der Waals surface area contributed by atoms with Crippen molar-refractivity contribution in [2.45, 2.75) is 32.6 Å². The molecule has 0 saturated heterocycles. The van der Waals surface area contributed by atoms with Gasteiger partial charge in [0.25, 0.3) is 0 Å². The molecular weight excluding hydrogens is 334 g/mol. The van der Waals surface area contributed by atoms with E-state index in [9.17, 15) is 4.79 Å². The van der Waals surface area contributed by atoms with Crippen LogP contribution in [0.1, 0.15) is 43.0 Å². The fourth-order valence-corrected chi connectivity index (χ4v) is 4.19. The number of aromatic nitrogens is 2. The quantitative estimate of drug-likeness (QED) is 0.815. The number of rotatable bonds is 5. The molecule has 2 aromatic rings. The van der Waals surface area contributed by atoms with Gasteiger partial charge < -0.3 is 4.74 Å². The Kier molecular flexibility index (Phi) is 4.82. The van der Waals surface area contributed by atoms with Gasteiger partial charge >= 0.3 is 5.97 Å². The number of H-pyrrole nitrogens is 1. The van der Waals surface area contributed by atoms with Gasteiger partial charge in [0.2, 0.25) is 0 Å². The van der Waals surface area contributed by atoms with Crippen LogP contribution in [0, 0.1) is 5.92 Å². The molecule has 122 valence electrons. The first kappa shape index (κ1) is 16.2. The molecule has 0 spiro atoms. The molecule has 2 aromatic heterocycles. The molecule has 7 heteroatoms. The van der Waals surface area contributed by atoms with Crippen molar-refractivity contribution in [1.82, 2.24) is 10.2 Å². The van der Waals surface area contributed by atoms with Gasteiger partial charge in [-0.1, -0.05) is 24.9 Å². The molecule has 0 aromatic carbocycles. The van der Waals surface area contributed by atoms with Crippen molar-refractivity contribution in [3.63, 3.8) is 0 Å². The van der Waals surface area contributed by atoms with Crippen LogP contribution in [0.2, 0.25) is 4.34 Å². The lowest BCUT2D eigenvalue weighted by atomic mass is 9.79. The lowest BCUT2D eigenvalue weighted by Gasteiger charge is -2.29. The average Bonchev–Trinajstić information content (AvgIpc) is 3.15. The second-order valence-electron chi connectivity index (χ2n) is 5.38. The predicted octanol–water partition coefficient (Wildman–Crippen LogP) is 4.32. The Morgan fingerprint density at radius 2 is 2.26 bits per heavy atom. The molecule has 1 aliphatic rings. The summed E-state index contributed by atoms with van der Waals surface area (Å²) < 4.78 is 6.03. The number of carbonyl (C=O) groups excluding carboxylic acids is 1. The van der Waals surface area contributed by atoms with E-state index < -0.39 is 5.92 Å². The topological polar surface area (TPSA) is 67.3 Å². The summed E-state index contributed by atoms with van der Waals surface area (Å²) in [6.45, 7) is 4.24. The molecule has 0 bridgehead atoms. The maximum absolute atomic E-state index is 12.6. The maximum atomic E-state index is 12.6. The highest BCUT2D eigenvalue weighted by molar-refractivity contribution is 7.16. The fraction of sp³-hybridized carbons (Fsp3) is 0.438. The summed E-state index contributed by atoms with van der Waals surface area (Å²) in [5, 5.41) is 7.03. The minimum atomic E-state index is -0.422. The number of hydrogen-bond acceptors (Lipinski definition) is 5. The molecule has 3 heterocycles. The van der Waals surface area contributed by atoms with E-state index in [1.165, 1.54) is 11.3 Å². The molecule has 0 aliphatic carbocycles. The summed E-state index contributed by atoms with van der Waals surface area (Å²) in [7, 11) is 0. The third-order valence-electron chi connectivity index (χ3n) is 3.88. The maximum Gasteiger partial charge on any atom is 0.315 e. The van der Waals surface area contributed by atoms with Crippen molar-refractivity contribution < 1.29 is 9.53 Å². The van der Waals surface area contributed by atoms with E-state index in [0.717, 1.165) is 34.8 Å². The SMILES string of the molecule is CCCC1=Nc2[nH]ncc2C(c2ccc(Cl)s2)C1C(=O)OCC. The number of carbonyl (C=O) groups is 1. The number of ether oxygens (including phenoxy) is 1. The molecular formula is C16H18ClN3O2S. The molecule has 3 rings (SSSR count). The van der Waals surface area contributed by atoms with E-state index in [1.807, 2.05) is 19.1 Å². The lowest BCUT2D eigenvalue weighted by molar-refractivity contribution is -0.146. The smallest absolute Gasteiger partial charge is 0.315 e. The van der Waals surface area contributed by atoms with E-state index in [4.69, 9.17) is 16.3 Å². The van der Waals surface area contributed by atoms with Crippen LogP contribution in [0.5, 0.6) is 0 Å². The third kappa shape index (κ3) is 3.05. The fourth-order valence-electron chi connectivity index (χ4n) is 2.98. The Morgan fingerprint density at radius 1 is 1.43 bits per heavy atom. The monoisotopic (exact) mass is 351 g/mol. The van der Waals surface area contributed by atoms with Gasteiger partial charge in [-0.3, -0.25) is 9.89 Å². The summed E-state index contributed by atoms with van der Waals surface area (Å²) in [6, 6.07) is 3.82. The van der Waals surface area contributed by atoms with Crippen molar-refractivity contribution in [3.8, 4) is 0 Å². The van der Waals surface area contributed by atoms with Crippen LogP contribution >= 0.6 is 22.9 Å². The number of thiophene rings is 1. The van der Waals surface area contributed by atoms with Crippen LogP contribution < -0.4 is 0 Å². The number of fused-ring (bicyclic) bond motifs is 1. The first-order valence-electron chi connectivity index (χ1n) is 7.68. The van der Waals surface area contributed by atoms with Crippen LogP contribution in [0.25, 0.3) is 0 Å². The number of halogens is 1. The van der Waals surface area contributed by atoms with Crippen LogP contribution in [0.15, 0.2) is 23.3 Å². The average molecular weight is 352 g/mol. The number of nitrogens with one attached hydrogen (secondary N) is 1. The number of aromatic amines is 1. The lowest BCUT2D eigenvalue weighted by Crippen LogP contribution is -2.34. The Morgan fingerprint density at radius 3 is 2.91 bits per heavy atom. The summed E-state index contributed by atoms with van der Waals surface area (Å²) in [6.07, 6.45) is 3.40. The zero-order valence-electron chi connectivity index (χ0n) is 13.0. The van der Waals surface area contributed by atoms with Crippen LogP contribution in [0.3, 0.4) is 0 Å². The van der Waals surface area contributed by atoms with Gasteiger partial charge in [-0.05, 0) is 25.5 Å². The second-order valence-corrected chi connectivity index (χ2v) is 7.12. The van der Waals surface area contributed by atoms with Crippen molar-refractivity contribution in [2.75, 3.05) is 6.61 Å². The number of esters is 1. The van der Waals surface area contributed by atoms with Gasteiger partial charge in [0.1, 0.15) is 5.92 Å². The molecule has 1 aliphatic heterocycles. The second kappa shape index (κ2) is 6.84. The van der Waals surface area contributed by atoms with E-state index in [1.54, 1.807) is 6.20 Å². The molecule has 1 N–H and O–H groups in total. The van der Waals surface area contributed by atoms with Gasteiger partial charge in [-0.15, -0.1) is 11.3 Å². The molecule has 23 heavy (non-hydrogen) atoms. The van der Waals surface area contributed by atoms with Gasteiger partial charge in [0.05, 0.1) is 17.1 Å². The summed E-state index contributed by atoms with van der Waals surface area (Å²) >= 11 is 7.60. The number of nitrogens with zero attached hydrogens (tertiary/aromatic N) is 2.